The van der Waals surface area contributed by atoms with Crippen LogP contribution in [-0.4, -0.2) is 9.97 Å². The molecule has 0 radical (unpaired) electrons. The Kier molecular flexibility index (Phi) is 3.30. The van der Waals surface area contributed by atoms with E-state index in [1.165, 1.54) is 0 Å². The minimum atomic E-state index is -4.61. The van der Waals surface area contributed by atoms with Gasteiger partial charge in [-0.25, -0.2) is 9.97 Å². The van der Waals surface area contributed by atoms with Crippen molar-refractivity contribution in [3.63, 3.8) is 0 Å². The van der Waals surface area contributed by atoms with Crippen LogP contribution in [0.15, 0.2) is 34.7 Å². The molecular formula is C13H5Cl2F3N2O. The van der Waals surface area contributed by atoms with Gasteiger partial charge in [0.15, 0.2) is 5.76 Å². The fourth-order valence-corrected chi connectivity index (χ4v) is 2.19. The van der Waals surface area contributed by atoms with Crippen LogP contribution in [0.4, 0.5) is 13.2 Å². The lowest BCUT2D eigenvalue weighted by Crippen LogP contribution is -2.09. The van der Waals surface area contributed by atoms with E-state index in [4.69, 9.17) is 27.6 Å². The Morgan fingerprint density at radius 2 is 1.76 bits per heavy atom. The van der Waals surface area contributed by atoms with Crippen molar-refractivity contribution in [2.24, 2.45) is 0 Å². The van der Waals surface area contributed by atoms with Crippen molar-refractivity contribution < 1.29 is 17.6 Å². The molecule has 0 unspecified atom stereocenters. The molecule has 0 spiro atoms. The number of aromatic nitrogens is 2. The van der Waals surface area contributed by atoms with E-state index in [1.807, 2.05) is 0 Å². The van der Waals surface area contributed by atoms with Crippen LogP contribution in [0, 0.1) is 0 Å². The van der Waals surface area contributed by atoms with E-state index >= 15 is 0 Å². The van der Waals surface area contributed by atoms with Crippen LogP contribution in [0.25, 0.3) is 22.4 Å². The van der Waals surface area contributed by atoms with Crippen molar-refractivity contribution in [1.29, 1.82) is 0 Å². The third kappa shape index (κ3) is 2.82. The molecule has 2 aromatic heterocycles. The van der Waals surface area contributed by atoms with Crippen LogP contribution in [0.3, 0.4) is 0 Å². The van der Waals surface area contributed by atoms with Crippen LogP contribution in [0.1, 0.15) is 5.69 Å². The lowest BCUT2D eigenvalue weighted by atomic mass is 10.2. The summed E-state index contributed by atoms with van der Waals surface area (Å²) in [6, 6.07) is 7.20. The third-order valence-corrected chi connectivity index (χ3v) is 3.12. The Morgan fingerprint density at radius 1 is 1.00 bits per heavy atom. The predicted octanol–water partition coefficient (Wildman–Crippen LogP) is 5.22. The van der Waals surface area contributed by atoms with Gasteiger partial charge in [-0.15, -0.1) is 0 Å². The van der Waals surface area contributed by atoms with Crippen LogP contribution in [-0.2, 0) is 6.18 Å². The van der Waals surface area contributed by atoms with E-state index in [9.17, 15) is 13.2 Å². The maximum Gasteiger partial charge on any atom is 0.433 e. The quantitative estimate of drug-likeness (QED) is 0.574. The minimum absolute atomic E-state index is 0.0466. The summed E-state index contributed by atoms with van der Waals surface area (Å²) in [5, 5.41) is 0.644. The largest absolute Gasteiger partial charge is 0.454 e. The van der Waals surface area contributed by atoms with Crippen LogP contribution < -0.4 is 0 Å². The molecule has 8 heteroatoms. The highest BCUT2D eigenvalue weighted by Gasteiger charge is 2.34. The van der Waals surface area contributed by atoms with Gasteiger partial charge in [0.05, 0.1) is 0 Å². The second-order valence-electron chi connectivity index (χ2n) is 4.20. The Bertz CT molecular complexity index is 830. The van der Waals surface area contributed by atoms with E-state index in [0.29, 0.717) is 16.0 Å². The fraction of sp³-hybridized carbons (Fsp3) is 0.0769. The summed E-state index contributed by atoms with van der Waals surface area (Å²) in [5.74, 6) is 0.155. The molecule has 0 saturated carbocycles. The molecule has 3 aromatic rings. The third-order valence-electron chi connectivity index (χ3n) is 2.72. The number of alkyl halides is 3. The van der Waals surface area contributed by atoms with Crippen LogP contribution in [0.5, 0.6) is 0 Å². The maximum absolute atomic E-state index is 12.7. The average molecular weight is 333 g/mol. The van der Waals surface area contributed by atoms with E-state index in [1.54, 1.807) is 24.3 Å². The van der Waals surface area contributed by atoms with Crippen molar-refractivity contribution in [1.82, 2.24) is 9.97 Å². The summed E-state index contributed by atoms with van der Waals surface area (Å²) in [7, 11) is 0. The lowest BCUT2D eigenvalue weighted by Gasteiger charge is -2.06. The summed E-state index contributed by atoms with van der Waals surface area (Å²) in [4.78, 5) is 6.93. The van der Waals surface area contributed by atoms with Crippen LogP contribution >= 0.6 is 23.2 Å². The monoisotopic (exact) mass is 332 g/mol. The van der Waals surface area contributed by atoms with Gasteiger partial charge in [-0.3, -0.25) is 0 Å². The van der Waals surface area contributed by atoms with Gasteiger partial charge in [-0.2, -0.15) is 13.2 Å². The molecule has 0 bridgehead atoms. The molecule has 108 valence electrons. The molecule has 0 atom stereocenters. The number of benzene rings is 1. The standard InChI is InChI=1S/C13H5Cl2F3N2O/c14-7-1-2-9-6(3-7)4-10(21-9)8-5-11(13(16,17)18)20-12(15)19-8/h1-5H. The Morgan fingerprint density at radius 3 is 2.48 bits per heavy atom. The molecule has 3 nitrogen and oxygen atoms in total. The SMILES string of the molecule is FC(F)(F)c1cc(-c2cc3cc(Cl)ccc3o2)nc(Cl)n1. The summed E-state index contributed by atoms with van der Waals surface area (Å²) in [6.07, 6.45) is -4.61. The second-order valence-corrected chi connectivity index (χ2v) is 4.97. The van der Waals surface area contributed by atoms with Gasteiger partial charge < -0.3 is 4.42 Å². The number of nitrogens with zero attached hydrogens (tertiary/aromatic N) is 2. The molecule has 0 N–H and O–H groups in total. The van der Waals surface area contributed by atoms with Gasteiger partial charge in [0.25, 0.3) is 0 Å². The molecule has 1 aromatic carbocycles. The van der Waals surface area contributed by atoms with Gasteiger partial charge in [-0.1, -0.05) is 11.6 Å². The molecule has 0 aliphatic heterocycles. The van der Waals surface area contributed by atoms with Crippen molar-refractivity contribution in [2.75, 3.05) is 0 Å². The number of hydrogen-bond acceptors (Lipinski definition) is 3. The highest BCUT2D eigenvalue weighted by molar-refractivity contribution is 6.31. The van der Waals surface area contributed by atoms with Gasteiger partial charge in [-0.05, 0) is 41.9 Å². The highest BCUT2D eigenvalue weighted by Crippen LogP contribution is 2.33. The number of hydrogen-bond donors (Lipinski definition) is 0. The van der Waals surface area contributed by atoms with E-state index in [2.05, 4.69) is 9.97 Å². The number of furan rings is 1. The molecule has 21 heavy (non-hydrogen) atoms. The van der Waals surface area contributed by atoms with Gasteiger partial charge >= 0.3 is 6.18 Å². The summed E-state index contributed by atoms with van der Waals surface area (Å²) >= 11 is 11.4. The highest BCUT2D eigenvalue weighted by atomic mass is 35.5. The molecule has 0 aliphatic rings. The summed E-state index contributed by atoms with van der Waals surface area (Å²) in [6.45, 7) is 0. The van der Waals surface area contributed by atoms with Crippen LogP contribution in [0.2, 0.25) is 10.3 Å². The van der Waals surface area contributed by atoms with Crippen molar-refractivity contribution >= 4 is 34.2 Å². The molecular weight excluding hydrogens is 328 g/mol. The van der Waals surface area contributed by atoms with E-state index in [0.717, 1.165) is 6.07 Å². The maximum atomic E-state index is 12.7. The normalized spacial score (nSPS) is 12.0. The molecule has 0 fully saturated rings. The Hall–Kier alpha value is -1.79. The second kappa shape index (κ2) is 4.89. The minimum Gasteiger partial charge on any atom is -0.454 e. The first-order valence-electron chi connectivity index (χ1n) is 5.64. The van der Waals surface area contributed by atoms with Gasteiger partial charge in [0.1, 0.15) is 17.0 Å². The fourth-order valence-electron chi connectivity index (χ4n) is 1.83. The number of rotatable bonds is 1. The lowest BCUT2D eigenvalue weighted by molar-refractivity contribution is -0.141. The average Bonchev–Trinajstić information content (AvgIpc) is 2.80. The Balaban J connectivity index is 2.16. The molecule has 0 aliphatic carbocycles. The molecule has 0 saturated heterocycles. The molecule has 0 amide bonds. The zero-order chi connectivity index (χ0) is 15.2. The van der Waals surface area contributed by atoms with Gasteiger partial charge in [0, 0.05) is 10.4 Å². The number of fused-ring (bicyclic) bond motifs is 1. The first-order valence-corrected chi connectivity index (χ1v) is 6.40. The number of halogens is 5. The van der Waals surface area contributed by atoms with E-state index < -0.39 is 17.2 Å². The topological polar surface area (TPSA) is 38.9 Å². The Labute approximate surface area is 126 Å². The zero-order valence-electron chi connectivity index (χ0n) is 10.1. The molecule has 2 heterocycles. The first kappa shape index (κ1) is 14.2. The summed E-state index contributed by atoms with van der Waals surface area (Å²) in [5.41, 5.74) is -0.691. The predicted molar refractivity (Wildman–Crippen MR) is 72.3 cm³/mol. The van der Waals surface area contributed by atoms with Crippen molar-refractivity contribution in [3.05, 3.63) is 46.3 Å². The first-order chi connectivity index (χ1) is 9.83. The zero-order valence-corrected chi connectivity index (χ0v) is 11.6. The van der Waals surface area contributed by atoms with Crippen molar-refractivity contribution in [2.45, 2.75) is 6.18 Å². The van der Waals surface area contributed by atoms with Gasteiger partial charge in [0.2, 0.25) is 5.28 Å². The van der Waals surface area contributed by atoms with Crippen molar-refractivity contribution in [3.8, 4) is 11.5 Å². The van der Waals surface area contributed by atoms with E-state index in [-0.39, 0.29) is 11.5 Å². The molecule has 3 rings (SSSR count). The smallest absolute Gasteiger partial charge is 0.433 e. The summed E-state index contributed by atoms with van der Waals surface area (Å²) < 4.78 is 43.6.